The standard InChI is InChI=1S/C30H24ClF3N2O5S/c31-21-9-8-17(29(37)35-20-11-22(32)27(34)23(33)12-20)10-25(21)42(39,40)28-18-6-7-19(28)15-30(38,14-18)26-13-24(41-36-26)16-4-2-1-3-5-16/h1-5,8-13,18-19,28,38H,6-7,14-15H2,(H,35,37)/t18-,19?,28?,30?/m1/s1. The van der Waals surface area contributed by atoms with Crippen LogP contribution in [0.4, 0.5) is 18.9 Å². The van der Waals surface area contributed by atoms with Crippen LogP contribution in [0, 0.1) is 29.3 Å². The van der Waals surface area contributed by atoms with Crippen molar-refractivity contribution >= 4 is 33.0 Å². The molecule has 4 aromatic rings. The molecule has 42 heavy (non-hydrogen) atoms. The zero-order chi connectivity index (χ0) is 29.8. The van der Waals surface area contributed by atoms with Gasteiger partial charge in [-0.2, -0.15) is 0 Å². The van der Waals surface area contributed by atoms with E-state index in [1.165, 1.54) is 12.1 Å². The maximum Gasteiger partial charge on any atom is 0.255 e. The summed E-state index contributed by atoms with van der Waals surface area (Å²) in [5.74, 6) is -5.84. The Morgan fingerprint density at radius 3 is 2.26 bits per heavy atom. The second-order valence-corrected chi connectivity index (χ2v) is 13.3. The van der Waals surface area contributed by atoms with Gasteiger partial charge in [0.15, 0.2) is 33.0 Å². The molecule has 2 aliphatic carbocycles. The number of carbonyl (C=O) groups excluding carboxylic acids is 1. The van der Waals surface area contributed by atoms with Gasteiger partial charge in [-0.15, -0.1) is 0 Å². The smallest absolute Gasteiger partial charge is 0.255 e. The number of aromatic nitrogens is 1. The van der Waals surface area contributed by atoms with Crippen LogP contribution in [0.2, 0.25) is 5.02 Å². The van der Waals surface area contributed by atoms with Crippen LogP contribution < -0.4 is 5.32 Å². The maximum absolute atomic E-state index is 14.0. The number of benzene rings is 3. The molecule has 12 heteroatoms. The van der Waals surface area contributed by atoms with E-state index >= 15 is 0 Å². The molecule has 2 bridgehead atoms. The Bertz CT molecular complexity index is 1760. The van der Waals surface area contributed by atoms with E-state index in [0.717, 1.165) is 11.6 Å². The average molecular weight is 617 g/mol. The van der Waals surface area contributed by atoms with Crippen molar-refractivity contribution in [3.05, 3.63) is 100 Å². The topological polar surface area (TPSA) is 110 Å². The molecule has 218 valence electrons. The molecule has 1 heterocycles. The summed E-state index contributed by atoms with van der Waals surface area (Å²) >= 11 is 6.33. The molecule has 3 aromatic carbocycles. The minimum atomic E-state index is -4.08. The fourth-order valence-electron chi connectivity index (χ4n) is 6.32. The van der Waals surface area contributed by atoms with E-state index in [-0.39, 0.29) is 34.0 Å². The van der Waals surface area contributed by atoms with Crippen molar-refractivity contribution in [3.8, 4) is 11.3 Å². The van der Waals surface area contributed by atoms with Crippen molar-refractivity contribution in [2.45, 2.75) is 41.4 Å². The van der Waals surface area contributed by atoms with Crippen molar-refractivity contribution in [1.29, 1.82) is 0 Å². The maximum atomic E-state index is 14.0. The van der Waals surface area contributed by atoms with Gasteiger partial charge in [-0.1, -0.05) is 47.1 Å². The molecular weight excluding hydrogens is 593 g/mol. The van der Waals surface area contributed by atoms with Crippen molar-refractivity contribution in [2.24, 2.45) is 11.8 Å². The lowest BCUT2D eigenvalue weighted by atomic mass is 9.75. The average Bonchev–Trinajstić information content (AvgIpc) is 3.57. The fourth-order valence-corrected chi connectivity index (χ4v) is 9.16. The first kappa shape index (κ1) is 28.4. The van der Waals surface area contributed by atoms with Crippen LogP contribution in [0.3, 0.4) is 0 Å². The number of amides is 1. The van der Waals surface area contributed by atoms with E-state index in [1.54, 1.807) is 6.07 Å². The molecule has 3 unspecified atom stereocenters. The third-order valence-electron chi connectivity index (χ3n) is 8.18. The van der Waals surface area contributed by atoms with Gasteiger partial charge in [-0.25, -0.2) is 21.6 Å². The summed E-state index contributed by atoms with van der Waals surface area (Å²) in [5, 5.41) is 17.1. The highest BCUT2D eigenvalue weighted by atomic mass is 35.5. The molecule has 0 aliphatic heterocycles. The van der Waals surface area contributed by atoms with Crippen molar-refractivity contribution in [2.75, 3.05) is 5.32 Å². The van der Waals surface area contributed by atoms with Gasteiger partial charge in [-0.3, -0.25) is 4.79 Å². The molecule has 6 rings (SSSR count). The lowest BCUT2D eigenvalue weighted by molar-refractivity contribution is -0.0298. The number of anilines is 1. The highest BCUT2D eigenvalue weighted by Gasteiger charge is 2.55. The molecule has 0 saturated heterocycles. The van der Waals surface area contributed by atoms with E-state index in [2.05, 4.69) is 10.5 Å². The number of fused-ring (bicyclic) bond motifs is 2. The highest BCUT2D eigenvalue weighted by molar-refractivity contribution is 7.92. The minimum Gasteiger partial charge on any atom is -0.383 e. The molecule has 0 spiro atoms. The van der Waals surface area contributed by atoms with Crippen LogP contribution in [0.15, 0.2) is 76.1 Å². The number of carbonyl (C=O) groups is 1. The number of nitrogens with zero attached hydrogens (tertiary/aromatic N) is 1. The Morgan fingerprint density at radius 2 is 1.62 bits per heavy atom. The van der Waals surface area contributed by atoms with Crippen molar-refractivity contribution in [3.63, 3.8) is 0 Å². The summed E-state index contributed by atoms with van der Waals surface area (Å²) in [6.45, 7) is 0. The second kappa shape index (κ2) is 10.6. The summed E-state index contributed by atoms with van der Waals surface area (Å²) in [7, 11) is -4.08. The van der Waals surface area contributed by atoms with Gasteiger partial charge in [-0.05, 0) is 55.7 Å². The lowest BCUT2D eigenvalue weighted by Crippen LogP contribution is -2.44. The fraction of sp³-hybridized carbons (Fsp3) is 0.267. The van der Waals surface area contributed by atoms with Crippen LogP contribution in [0.1, 0.15) is 41.7 Å². The molecule has 7 nitrogen and oxygen atoms in total. The predicted octanol–water partition coefficient (Wildman–Crippen LogP) is 6.51. The Balaban J connectivity index is 1.25. The molecule has 4 atom stereocenters. The van der Waals surface area contributed by atoms with Gasteiger partial charge in [0.25, 0.3) is 5.91 Å². The van der Waals surface area contributed by atoms with Crippen LogP contribution in [0.5, 0.6) is 0 Å². The molecule has 2 aliphatic rings. The largest absolute Gasteiger partial charge is 0.383 e. The van der Waals surface area contributed by atoms with Gasteiger partial charge in [0.1, 0.15) is 11.3 Å². The molecule has 1 aromatic heterocycles. The SMILES string of the molecule is O=C(Nc1cc(F)c(F)c(F)c1)c1ccc(Cl)c(S(=O)(=O)C2C3CC[C@@H]2CC(O)(c2cc(-c4ccccc4)on2)C3)c1. The highest BCUT2D eigenvalue weighted by Crippen LogP contribution is 2.54. The predicted molar refractivity (Wildman–Crippen MR) is 148 cm³/mol. The molecule has 1 amide bonds. The number of hydrogen-bond acceptors (Lipinski definition) is 6. The van der Waals surface area contributed by atoms with Crippen molar-refractivity contribution in [1.82, 2.24) is 5.16 Å². The van der Waals surface area contributed by atoms with Gasteiger partial charge in [0.2, 0.25) is 0 Å². The third kappa shape index (κ3) is 4.99. The normalized spacial score (nSPS) is 23.6. The van der Waals surface area contributed by atoms with Crippen LogP contribution in [-0.4, -0.2) is 29.8 Å². The van der Waals surface area contributed by atoms with E-state index in [1.807, 2.05) is 30.3 Å². The Hall–Kier alpha value is -3.67. The van der Waals surface area contributed by atoms with Gasteiger partial charge >= 0.3 is 0 Å². The zero-order valence-corrected chi connectivity index (χ0v) is 23.4. The van der Waals surface area contributed by atoms with Crippen molar-refractivity contribution < 1.29 is 36.0 Å². The summed E-state index contributed by atoms with van der Waals surface area (Å²) < 4.78 is 74.0. The Kier molecular flexibility index (Phi) is 7.15. The number of hydrogen-bond donors (Lipinski definition) is 2. The number of nitrogens with one attached hydrogen (secondary N) is 1. The molecular formula is C30H24ClF3N2O5S. The zero-order valence-electron chi connectivity index (χ0n) is 21.9. The van der Waals surface area contributed by atoms with E-state index in [0.29, 0.717) is 36.4 Å². The van der Waals surface area contributed by atoms with Gasteiger partial charge in [0, 0.05) is 35.0 Å². The molecule has 2 saturated carbocycles. The lowest BCUT2D eigenvalue weighted by Gasteiger charge is -2.39. The number of halogens is 4. The van der Waals surface area contributed by atoms with E-state index in [4.69, 9.17) is 16.1 Å². The first-order valence-electron chi connectivity index (χ1n) is 13.2. The Morgan fingerprint density at radius 1 is 0.976 bits per heavy atom. The second-order valence-electron chi connectivity index (χ2n) is 10.8. The van der Waals surface area contributed by atoms with E-state index < -0.39 is 55.9 Å². The summed E-state index contributed by atoms with van der Waals surface area (Å²) in [5.41, 5.74) is -0.700. The van der Waals surface area contributed by atoms with Gasteiger partial charge in [0.05, 0.1) is 15.2 Å². The first-order valence-corrected chi connectivity index (χ1v) is 15.1. The first-order chi connectivity index (χ1) is 20.0. The summed E-state index contributed by atoms with van der Waals surface area (Å²) in [6.07, 6.45) is 1.43. The number of aliphatic hydroxyl groups is 1. The van der Waals surface area contributed by atoms with Crippen LogP contribution in [0.25, 0.3) is 11.3 Å². The van der Waals surface area contributed by atoms with E-state index in [9.17, 15) is 31.5 Å². The summed E-state index contributed by atoms with van der Waals surface area (Å²) in [6, 6.07) is 15.9. The van der Waals surface area contributed by atoms with Gasteiger partial charge < -0.3 is 14.9 Å². The van der Waals surface area contributed by atoms with Crippen LogP contribution >= 0.6 is 11.6 Å². The quantitative estimate of drug-likeness (QED) is 0.239. The summed E-state index contributed by atoms with van der Waals surface area (Å²) in [4.78, 5) is 12.6. The molecule has 2 N–H and O–H groups in total. The minimum absolute atomic E-state index is 0.0883. The molecule has 0 radical (unpaired) electrons. The third-order valence-corrected chi connectivity index (χ3v) is 11.1. The number of rotatable bonds is 6. The molecule has 2 fully saturated rings. The monoisotopic (exact) mass is 616 g/mol. The van der Waals surface area contributed by atoms with Crippen LogP contribution in [-0.2, 0) is 15.4 Å². The number of sulfone groups is 1. The Labute approximate surface area is 244 Å².